The van der Waals surface area contributed by atoms with Crippen LogP contribution in [0.2, 0.25) is 0 Å². The molecule has 1 aromatic carbocycles. The number of rotatable bonds is 5. The van der Waals surface area contributed by atoms with Gasteiger partial charge in [0.2, 0.25) is 0 Å². The fourth-order valence-corrected chi connectivity index (χ4v) is 3.00. The summed E-state index contributed by atoms with van der Waals surface area (Å²) < 4.78 is 47.8. The molecule has 1 aliphatic heterocycles. The SMILES string of the molecule is [B]C([B])(c1cc(-c2ccc(F)c(OC(F)F)c2)cnc1C)N1CCCOC1=O. The van der Waals surface area contributed by atoms with Crippen molar-refractivity contribution in [3.05, 3.63) is 47.5 Å². The summed E-state index contributed by atoms with van der Waals surface area (Å²) in [6.07, 6.45) is 1.39. The first-order chi connectivity index (χ1) is 13.2. The lowest BCUT2D eigenvalue weighted by molar-refractivity contribution is -0.0521. The monoisotopic (exact) mass is 386 g/mol. The maximum atomic E-state index is 13.7. The van der Waals surface area contributed by atoms with E-state index in [-0.39, 0.29) is 6.61 Å². The van der Waals surface area contributed by atoms with E-state index in [0.717, 1.165) is 12.1 Å². The summed E-state index contributed by atoms with van der Waals surface area (Å²) in [6.45, 7) is -0.912. The maximum Gasteiger partial charge on any atom is 0.409 e. The molecule has 0 spiro atoms. The molecule has 1 aromatic heterocycles. The zero-order valence-corrected chi connectivity index (χ0v) is 15.0. The number of hydrogen-bond donors (Lipinski definition) is 0. The number of aromatic nitrogens is 1. The predicted octanol–water partition coefficient (Wildman–Crippen LogP) is 3.09. The van der Waals surface area contributed by atoms with Crippen molar-refractivity contribution < 1.29 is 27.4 Å². The van der Waals surface area contributed by atoms with E-state index < -0.39 is 29.6 Å². The van der Waals surface area contributed by atoms with Crippen molar-refractivity contribution in [1.29, 1.82) is 0 Å². The largest absolute Gasteiger partial charge is 0.449 e. The van der Waals surface area contributed by atoms with E-state index in [4.69, 9.17) is 20.4 Å². The molecular formula is C18H15B2F3N2O3. The van der Waals surface area contributed by atoms with Gasteiger partial charge in [-0.1, -0.05) is 6.07 Å². The fourth-order valence-electron chi connectivity index (χ4n) is 3.00. The Morgan fingerprint density at radius 2 is 2.04 bits per heavy atom. The quantitative estimate of drug-likeness (QED) is 0.742. The molecule has 1 amide bonds. The maximum absolute atomic E-state index is 13.7. The minimum Gasteiger partial charge on any atom is -0.449 e. The molecule has 2 aromatic rings. The van der Waals surface area contributed by atoms with Crippen molar-refractivity contribution in [3.63, 3.8) is 0 Å². The number of halogens is 3. The second-order valence-corrected chi connectivity index (χ2v) is 6.33. The van der Waals surface area contributed by atoms with Crippen molar-refractivity contribution in [2.75, 3.05) is 13.2 Å². The molecule has 3 rings (SSSR count). The number of pyridine rings is 1. The van der Waals surface area contributed by atoms with Gasteiger partial charge in [0.25, 0.3) is 0 Å². The van der Waals surface area contributed by atoms with E-state index in [1.54, 1.807) is 13.0 Å². The average molecular weight is 386 g/mol. The first-order valence-corrected chi connectivity index (χ1v) is 8.44. The Bertz CT molecular complexity index is 896. The van der Waals surface area contributed by atoms with Crippen molar-refractivity contribution in [2.45, 2.75) is 25.3 Å². The van der Waals surface area contributed by atoms with Gasteiger partial charge in [-0.05, 0) is 48.0 Å². The summed E-state index contributed by atoms with van der Waals surface area (Å²) in [5.74, 6) is -1.52. The third-order valence-electron chi connectivity index (χ3n) is 4.42. The average Bonchev–Trinajstić information content (AvgIpc) is 2.63. The molecule has 1 fully saturated rings. The minimum atomic E-state index is -3.16. The van der Waals surface area contributed by atoms with Gasteiger partial charge >= 0.3 is 12.7 Å². The van der Waals surface area contributed by atoms with Crippen LogP contribution in [0.25, 0.3) is 11.1 Å². The second kappa shape index (κ2) is 7.77. The smallest absolute Gasteiger partial charge is 0.409 e. The molecule has 0 unspecified atom stereocenters. The second-order valence-electron chi connectivity index (χ2n) is 6.33. The number of carbonyl (C=O) groups is 1. The highest BCUT2D eigenvalue weighted by molar-refractivity contribution is 6.40. The lowest BCUT2D eigenvalue weighted by Crippen LogP contribution is -2.53. The van der Waals surface area contributed by atoms with Crippen LogP contribution >= 0.6 is 0 Å². The van der Waals surface area contributed by atoms with E-state index >= 15 is 0 Å². The van der Waals surface area contributed by atoms with Crippen molar-refractivity contribution in [3.8, 4) is 16.9 Å². The molecule has 1 saturated heterocycles. The molecule has 0 bridgehead atoms. The zero-order valence-electron chi connectivity index (χ0n) is 15.0. The number of aryl methyl sites for hydroxylation is 1. The zero-order chi connectivity index (χ0) is 20.5. The van der Waals surface area contributed by atoms with Crippen LogP contribution in [0.1, 0.15) is 17.7 Å². The number of hydrogen-bond acceptors (Lipinski definition) is 4. The molecule has 1 aliphatic rings. The van der Waals surface area contributed by atoms with Gasteiger partial charge in [-0.15, -0.1) is 0 Å². The van der Waals surface area contributed by atoms with E-state index in [9.17, 15) is 18.0 Å². The number of carbonyl (C=O) groups excluding carboxylic acids is 1. The summed E-state index contributed by atoms with van der Waals surface area (Å²) in [7, 11) is 12.5. The Morgan fingerprint density at radius 3 is 2.71 bits per heavy atom. The highest BCUT2D eigenvalue weighted by Gasteiger charge is 2.35. The molecular weight excluding hydrogens is 371 g/mol. The summed E-state index contributed by atoms with van der Waals surface area (Å²) in [4.78, 5) is 17.5. The normalized spacial score (nSPS) is 14.9. The summed E-state index contributed by atoms with van der Waals surface area (Å²) in [6, 6.07) is 5.09. The van der Waals surface area contributed by atoms with Crippen LogP contribution in [0.3, 0.4) is 0 Å². The van der Waals surface area contributed by atoms with Crippen LogP contribution in [0.15, 0.2) is 30.5 Å². The van der Waals surface area contributed by atoms with Crippen LogP contribution in [-0.4, -0.2) is 51.4 Å². The topological polar surface area (TPSA) is 51.7 Å². The van der Waals surface area contributed by atoms with Crippen LogP contribution in [0.5, 0.6) is 5.75 Å². The van der Waals surface area contributed by atoms with Gasteiger partial charge in [0, 0.05) is 24.0 Å². The number of amides is 1. The van der Waals surface area contributed by atoms with E-state index in [1.165, 1.54) is 17.2 Å². The molecule has 0 N–H and O–H groups in total. The Morgan fingerprint density at radius 1 is 1.29 bits per heavy atom. The van der Waals surface area contributed by atoms with Gasteiger partial charge in [0.05, 0.1) is 22.3 Å². The van der Waals surface area contributed by atoms with E-state index in [2.05, 4.69) is 9.72 Å². The summed E-state index contributed by atoms with van der Waals surface area (Å²) >= 11 is 0. The Balaban J connectivity index is 2.01. The Hall–Kier alpha value is -2.64. The molecule has 2 heterocycles. The number of benzene rings is 1. The molecule has 0 atom stereocenters. The number of cyclic esters (lactones) is 1. The third-order valence-corrected chi connectivity index (χ3v) is 4.42. The third kappa shape index (κ3) is 3.95. The van der Waals surface area contributed by atoms with Gasteiger partial charge in [-0.3, -0.25) is 4.98 Å². The number of nitrogens with zero attached hydrogens (tertiary/aromatic N) is 2. The van der Waals surface area contributed by atoms with Crippen molar-refractivity contribution in [1.82, 2.24) is 9.88 Å². The molecule has 4 radical (unpaired) electrons. The van der Waals surface area contributed by atoms with Gasteiger partial charge < -0.3 is 14.4 Å². The fraction of sp³-hybridized carbons (Fsp3) is 0.333. The van der Waals surface area contributed by atoms with Gasteiger partial charge in [-0.2, -0.15) is 8.78 Å². The molecule has 28 heavy (non-hydrogen) atoms. The van der Waals surface area contributed by atoms with E-state index in [0.29, 0.717) is 35.3 Å². The van der Waals surface area contributed by atoms with E-state index in [1.807, 2.05) is 0 Å². The lowest BCUT2D eigenvalue weighted by atomic mass is 9.56. The predicted molar refractivity (Wildman–Crippen MR) is 96.9 cm³/mol. The minimum absolute atomic E-state index is 0.283. The highest BCUT2D eigenvalue weighted by Crippen LogP contribution is 2.32. The van der Waals surface area contributed by atoms with Crippen LogP contribution < -0.4 is 4.74 Å². The Kier molecular flexibility index (Phi) is 5.58. The van der Waals surface area contributed by atoms with Crippen LogP contribution in [0, 0.1) is 12.7 Å². The first kappa shape index (κ1) is 20.1. The lowest BCUT2D eigenvalue weighted by Gasteiger charge is -2.42. The van der Waals surface area contributed by atoms with Crippen LogP contribution in [-0.2, 0) is 10.1 Å². The van der Waals surface area contributed by atoms with Gasteiger partial charge in [0.15, 0.2) is 11.6 Å². The summed E-state index contributed by atoms with van der Waals surface area (Å²) in [5.41, 5.74) is 1.61. The van der Waals surface area contributed by atoms with Crippen LogP contribution in [0.4, 0.5) is 18.0 Å². The molecule has 10 heteroatoms. The molecule has 0 aliphatic carbocycles. The highest BCUT2D eigenvalue weighted by atomic mass is 19.3. The molecule has 0 saturated carbocycles. The standard InChI is InChI=1S/C18H15B2F3N2O3/c1-10-13(18(19,20)25-5-2-6-27-17(25)26)7-12(9-24-10)11-3-4-14(21)15(8-11)28-16(22)23/h3-4,7-9,16H,2,5-6H2,1H3. The molecule has 5 nitrogen and oxygen atoms in total. The summed E-state index contributed by atoms with van der Waals surface area (Å²) in [5, 5.41) is -1.70. The van der Waals surface area contributed by atoms with Gasteiger partial charge in [0.1, 0.15) is 0 Å². The van der Waals surface area contributed by atoms with Crippen molar-refractivity contribution in [2.24, 2.45) is 0 Å². The number of ether oxygens (including phenoxy) is 2. The molecule has 142 valence electrons. The first-order valence-electron chi connectivity index (χ1n) is 8.44. The Labute approximate surface area is 162 Å². The van der Waals surface area contributed by atoms with Gasteiger partial charge in [-0.25, -0.2) is 9.18 Å². The number of alkyl halides is 2. The van der Waals surface area contributed by atoms with Crippen molar-refractivity contribution >= 4 is 21.8 Å².